The van der Waals surface area contributed by atoms with Crippen molar-refractivity contribution in [1.29, 1.82) is 0 Å². The molecule has 162 valence electrons. The fourth-order valence-electron chi connectivity index (χ4n) is 2.61. The number of ether oxygens (including phenoxy) is 2. The SMILES string of the molecule is CCOc1ccc(/C(C)=N\NC(=O)CN(c2ccc(OCC)cc2)S(C)(=O)=O)cc1. The zero-order valence-corrected chi connectivity index (χ0v) is 18.4. The Morgan fingerprint density at radius 1 is 0.967 bits per heavy atom. The zero-order valence-electron chi connectivity index (χ0n) is 17.6. The molecule has 0 aliphatic heterocycles. The highest BCUT2D eigenvalue weighted by Gasteiger charge is 2.21. The fraction of sp³-hybridized carbons (Fsp3) is 0.333. The number of benzene rings is 2. The van der Waals surface area contributed by atoms with Crippen LogP contribution in [0, 0.1) is 0 Å². The average molecular weight is 434 g/mol. The smallest absolute Gasteiger partial charge is 0.260 e. The van der Waals surface area contributed by atoms with E-state index in [1.54, 1.807) is 31.2 Å². The molecule has 8 nitrogen and oxygen atoms in total. The number of nitrogens with one attached hydrogen (secondary N) is 1. The summed E-state index contributed by atoms with van der Waals surface area (Å²) in [4.78, 5) is 12.3. The van der Waals surface area contributed by atoms with Crippen LogP contribution in [0.3, 0.4) is 0 Å². The Kier molecular flexibility index (Phi) is 8.23. The first-order valence-electron chi connectivity index (χ1n) is 9.51. The number of hydrogen-bond acceptors (Lipinski definition) is 6. The molecule has 9 heteroatoms. The lowest BCUT2D eigenvalue weighted by Crippen LogP contribution is -2.39. The molecular weight excluding hydrogens is 406 g/mol. The number of amides is 1. The molecule has 2 rings (SSSR count). The van der Waals surface area contributed by atoms with E-state index in [0.717, 1.165) is 21.9 Å². The fourth-order valence-corrected chi connectivity index (χ4v) is 3.47. The minimum Gasteiger partial charge on any atom is -0.494 e. The van der Waals surface area contributed by atoms with Gasteiger partial charge in [-0.3, -0.25) is 9.10 Å². The topological polar surface area (TPSA) is 97.3 Å². The lowest BCUT2D eigenvalue weighted by molar-refractivity contribution is -0.119. The normalized spacial score (nSPS) is 11.7. The summed E-state index contributed by atoms with van der Waals surface area (Å²) in [6.45, 7) is 6.20. The molecule has 0 saturated heterocycles. The first-order valence-corrected chi connectivity index (χ1v) is 11.4. The van der Waals surface area contributed by atoms with Crippen LogP contribution < -0.4 is 19.2 Å². The summed E-state index contributed by atoms with van der Waals surface area (Å²) in [7, 11) is -3.67. The number of hydrogen-bond donors (Lipinski definition) is 1. The van der Waals surface area contributed by atoms with Gasteiger partial charge in [0.1, 0.15) is 18.0 Å². The Labute approximate surface area is 177 Å². The van der Waals surface area contributed by atoms with Gasteiger partial charge in [-0.05, 0) is 74.9 Å². The first kappa shape index (κ1) is 23.2. The Morgan fingerprint density at radius 3 is 1.93 bits per heavy atom. The van der Waals surface area contributed by atoms with E-state index in [0.29, 0.717) is 30.4 Å². The lowest BCUT2D eigenvalue weighted by Gasteiger charge is -2.21. The minimum absolute atomic E-state index is 0.364. The van der Waals surface area contributed by atoms with Crippen molar-refractivity contribution in [2.75, 3.05) is 30.3 Å². The molecule has 0 spiro atoms. The van der Waals surface area contributed by atoms with E-state index in [1.165, 1.54) is 0 Å². The highest BCUT2D eigenvalue weighted by Crippen LogP contribution is 2.21. The van der Waals surface area contributed by atoms with Gasteiger partial charge in [0.05, 0.1) is 30.9 Å². The molecule has 2 aromatic carbocycles. The van der Waals surface area contributed by atoms with Crippen molar-refractivity contribution in [2.24, 2.45) is 5.10 Å². The maximum atomic E-state index is 12.3. The molecule has 30 heavy (non-hydrogen) atoms. The highest BCUT2D eigenvalue weighted by atomic mass is 32.2. The summed E-state index contributed by atoms with van der Waals surface area (Å²) in [5, 5.41) is 4.07. The van der Waals surface area contributed by atoms with E-state index in [4.69, 9.17) is 9.47 Å². The second kappa shape index (κ2) is 10.6. The third-order valence-corrected chi connectivity index (χ3v) is 5.20. The third-order valence-electron chi connectivity index (χ3n) is 4.05. The average Bonchev–Trinajstić information content (AvgIpc) is 2.71. The van der Waals surface area contributed by atoms with E-state index >= 15 is 0 Å². The molecule has 0 saturated carbocycles. The van der Waals surface area contributed by atoms with Crippen LogP contribution in [-0.4, -0.2) is 46.1 Å². The van der Waals surface area contributed by atoms with Crippen LogP contribution >= 0.6 is 0 Å². The van der Waals surface area contributed by atoms with E-state index in [9.17, 15) is 13.2 Å². The molecule has 0 heterocycles. The standard InChI is InChI=1S/C21H27N3O5S/c1-5-28-19-11-7-17(8-12-19)16(3)22-23-21(25)15-24(30(4,26)27)18-9-13-20(14-10-18)29-6-2/h7-14H,5-6,15H2,1-4H3,(H,23,25)/b22-16-. The van der Waals surface area contributed by atoms with Crippen LogP contribution in [0.4, 0.5) is 5.69 Å². The van der Waals surface area contributed by atoms with Crippen molar-refractivity contribution in [3.8, 4) is 11.5 Å². The maximum Gasteiger partial charge on any atom is 0.260 e. The van der Waals surface area contributed by atoms with Crippen LogP contribution in [0.1, 0.15) is 26.3 Å². The van der Waals surface area contributed by atoms with Gasteiger partial charge in [0.25, 0.3) is 5.91 Å². The van der Waals surface area contributed by atoms with E-state index in [1.807, 2.05) is 38.1 Å². The second-order valence-electron chi connectivity index (χ2n) is 6.39. The van der Waals surface area contributed by atoms with E-state index in [-0.39, 0.29) is 0 Å². The Hall–Kier alpha value is -3.07. The number of anilines is 1. The number of rotatable bonds is 10. The molecule has 0 aliphatic carbocycles. The number of nitrogens with zero attached hydrogens (tertiary/aromatic N) is 2. The molecule has 2 aromatic rings. The first-order chi connectivity index (χ1) is 14.2. The summed E-state index contributed by atoms with van der Waals surface area (Å²) in [6, 6.07) is 13.8. The largest absolute Gasteiger partial charge is 0.494 e. The van der Waals surface area contributed by atoms with Crippen molar-refractivity contribution >= 4 is 27.3 Å². The Balaban J connectivity index is 2.07. The van der Waals surface area contributed by atoms with Gasteiger partial charge >= 0.3 is 0 Å². The summed E-state index contributed by atoms with van der Waals surface area (Å²) >= 11 is 0. The van der Waals surface area contributed by atoms with Crippen LogP contribution in [0.15, 0.2) is 53.6 Å². The second-order valence-corrected chi connectivity index (χ2v) is 8.29. The van der Waals surface area contributed by atoms with E-state index < -0.39 is 22.5 Å². The quantitative estimate of drug-likeness (QED) is 0.459. The van der Waals surface area contributed by atoms with Crippen molar-refractivity contribution in [3.05, 3.63) is 54.1 Å². The Bertz CT molecular complexity index is 971. The van der Waals surface area contributed by atoms with Crippen molar-refractivity contribution in [2.45, 2.75) is 20.8 Å². The van der Waals surface area contributed by atoms with Gasteiger partial charge in [-0.15, -0.1) is 0 Å². The van der Waals surface area contributed by atoms with Gasteiger partial charge < -0.3 is 9.47 Å². The molecule has 1 N–H and O–H groups in total. The van der Waals surface area contributed by atoms with Crippen LogP contribution in [0.25, 0.3) is 0 Å². The predicted molar refractivity (Wildman–Crippen MR) is 118 cm³/mol. The monoisotopic (exact) mass is 433 g/mol. The van der Waals surface area contributed by atoms with Gasteiger partial charge in [0.15, 0.2) is 0 Å². The third kappa shape index (κ3) is 6.77. The van der Waals surface area contributed by atoms with Gasteiger partial charge in [-0.25, -0.2) is 13.8 Å². The van der Waals surface area contributed by atoms with Gasteiger partial charge in [0, 0.05) is 0 Å². The van der Waals surface area contributed by atoms with Gasteiger partial charge in [-0.2, -0.15) is 5.10 Å². The number of hydrazone groups is 1. The summed E-state index contributed by atoms with van der Waals surface area (Å²) in [6.07, 6.45) is 1.05. The molecule has 0 atom stereocenters. The lowest BCUT2D eigenvalue weighted by atomic mass is 10.1. The molecule has 0 radical (unpaired) electrons. The highest BCUT2D eigenvalue weighted by molar-refractivity contribution is 7.92. The van der Waals surface area contributed by atoms with Crippen LogP contribution in [-0.2, 0) is 14.8 Å². The summed E-state index contributed by atoms with van der Waals surface area (Å²) < 4.78 is 36.2. The molecule has 0 aromatic heterocycles. The van der Waals surface area contributed by atoms with Crippen molar-refractivity contribution < 1.29 is 22.7 Å². The number of carbonyl (C=O) groups is 1. The van der Waals surface area contributed by atoms with Crippen molar-refractivity contribution in [1.82, 2.24) is 5.43 Å². The molecule has 0 unspecified atom stereocenters. The number of sulfonamides is 1. The van der Waals surface area contributed by atoms with Crippen LogP contribution in [0.5, 0.6) is 11.5 Å². The molecular formula is C21H27N3O5S. The number of carbonyl (C=O) groups excluding carboxylic acids is 1. The molecule has 0 bridgehead atoms. The van der Waals surface area contributed by atoms with Gasteiger partial charge in [0.2, 0.25) is 10.0 Å². The Morgan fingerprint density at radius 2 is 1.47 bits per heavy atom. The minimum atomic E-state index is -3.67. The zero-order chi connectivity index (χ0) is 22.1. The van der Waals surface area contributed by atoms with E-state index in [2.05, 4.69) is 10.5 Å². The predicted octanol–water partition coefficient (Wildman–Crippen LogP) is 2.79. The molecule has 0 fully saturated rings. The van der Waals surface area contributed by atoms with Crippen molar-refractivity contribution in [3.63, 3.8) is 0 Å². The molecule has 0 aliphatic rings. The summed E-state index contributed by atoms with van der Waals surface area (Å²) in [5.74, 6) is 0.812. The van der Waals surface area contributed by atoms with Crippen LogP contribution in [0.2, 0.25) is 0 Å². The summed E-state index contributed by atoms with van der Waals surface area (Å²) in [5.41, 5.74) is 4.17. The van der Waals surface area contributed by atoms with Gasteiger partial charge in [-0.1, -0.05) is 0 Å². The maximum absolute atomic E-state index is 12.3. The molecule has 1 amide bonds.